The van der Waals surface area contributed by atoms with Crippen LogP contribution in [0, 0.1) is 6.92 Å². The van der Waals surface area contributed by atoms with Gasteiger partial charge in [-0.05, 0) is 37.1 Å². The van der Waals surface area contributed by atoms with Gasteiger partial charge in [-0.2, -0.15) is 0 Å². The second kappa shape index (κ2) is 9.98. The summed E-state index contributed by atoms with van der Waals surface area (Å²) in [4.78, 5) is 17.2. The molecule has 0 saturated carbocycles. The predicted molar refractivity (Wildman–Crippen MR) is 119 cm³/mol. The molecule has 0 aliphatic carbocycles. The number of anilines is 1. The molecule has 1 atom stereocenters. The van der Waals surface area contributed by atoms with Crippen LogP contribution in [-0.2, 0) is 6.42 Å². The number of halogens is 1. The maximum Gasteiger partial charge on any atom is 0.319 e. The largest absolute Gasteiger partial charge is 0.495 e. The van der Waals surface area contributed by atoms with Gasteiger partial charge in [-0.25, -0.2) is 4.79 Å². The Hall–Kier alpha value is -3.25. The van der Waals surface area contributed by atoms with Crippen LogP contribution in [0.15, 0.2) is 60.8 Å². The first-order valence-electron chi connectivity index (χ1n) is 9.45. The van der Waals surface area contributed by atoms with E-state index in [1.807, 2.05) is 25.1 Å². The minimum Gasteiger partial charge on any atom is -0.495 e. The molecule has 1 unspecified atom stereocenters. The van der Waals surface area contributed by atoms with Crippen LogP contribution >= 0.6 is 11.6 Å². The van der Waals surface area contributed by atoms with Crippen molar-refractivity contribution in [2.24, 2.45) is 0 Å². The number of benzene rings is 2. The lowest BCUT2D eigenvalue weighted by Gasteiger charge is -2.20. The van der Waals surface area contributed by atoms with Gasteiger partial charge in [-0.3, -0.25) is 4.98 Å². The molecule has 30 heavy (non-hydrogen) atoms. The average molecular weight is 426 g/mol. The summed E-state index contributed by atoms with van der Waals surface area (Å²) in [5.41, 5.74) is 3.49. The normalized spacial score (nSPS) is 11.5. The quantitative estimate of drug-likeness (QED) is 0.548. The Bertz CT molecular complexity index is 995. The highest BCUT2D eigenvalue weighted by atomic mass is 35.5. The highest BCUT2D eigenvalue weighted by Gasteiger charge is 2.18. The molecule has 156 valence electrons. The molecule has 0 saturated heterocycles. The standard InChI is InChI=1S/C23H24ClN3O3/c1-15-7-9-16(10-8-15)12-19(18-6-4-5-11-25-18)26-23(28)27-20-13-17(24)21(29-2)14-22(20)30-3/h4-11,13-14,19H,12H2,1-3H3,(H2,26,27,28). The van der Waals surface area contributed by atoms with Gasteiger partial charge in [0, 0.05) is 12.3 Å². The van der Waals surface area contributed by atoms with Gasteiger partial charge < -0.3 is 20.1 Å². The van der Waals surface area contributed by atoms with Gasteiger partial charge >= 0.3 is 6.03 Å². The molecule has 2 N–H and O–H groups in total. The summed E-state index contributed by atoms with van der Waals surface area (Å²) in [5.74, 6) is 0.907. The number of nitrogens with one attached hydrogen (secondary N) is 2. The molecule has 6 nitrogen and oxygen atoms in total. The van der Waals surface area contributed by atoms with Crippen molar-refractivity contribution in [3.63, 3.8) is 0 Å². The summed E-state index contributed by atoms with van der Waals surface area (Å²) in [6, 6.07) is 16.4. The Morgan fingerprint density at radius 1 is 1.07 bits per heavy atom. The van der Waals surface area contributed by atoms with Crippen LogP contribution in [0.2, 0.25) is 5.02 Å². The van der Waals surface area contributed by atoms with E-state index in [4.69, 9.17) is 21.1 Å². The number of carbonyl (C=O) groups excluding carboxylic acids is 1. The second-order valence-electron chi connectivity index (χ2n) is 6.78. The SMILES string of the molecule is COc1cc(OC)c(NC(=O)NC(Cc2ccc(C)cc2)c2ccccn2)cc1Cl. The number of rotatable bonds is 7. The Morgan fingerprint density at radius 2 is 1.80 bits per heavy atom. The topological polar surface area (TPSA) is 72.5 Å². The van der Waals surface area contributed by atoms with Crippen LogP contribution in [0.25, 0.3) is 0 Å². The van der Waals surface area contributed by atoms with Gasteiger partial charge in [0.2, 0.25) is 0 Å². The lowest BCUT2D eigenvalue weighted by Crippen LogP contribution is -2.34. The van der Waals surface area contributed by atoms with E-state index in [1.54, 1.807) is 18.3 Å². The number of urea groups is 1. The maximum atomic E-state index is 12.8. The summed E-state index contributed by atoms with van der Waals surface area (Å²) in [6.45, 7) is 2.04. The van der Waals surface area contributed by atoms with E-state index < -0.39 is 6.03 Å². The number of pyridine rings is 1. The van der Waals surface area contributed by atoms with Crippen molar-refractivity contribution in [1.82, 2.24) is 10.3 Å². The van der Waals surface area contributed by atoms with Crippen LogP contribution in [0.1, 0.15) is 22.9 Å². The lowest BCUT2D eigenvalue weighted by molar-refractivity contribution is 0.248. The van der Waals surface area contributed by atoms with E-state index in [9.17, 15) is 4.79 Å². The number of hydrogen-bond donors (Lipinski definition) is 2. The third kappa shape index (κ3) is 5.42. The summed E-state index contributed by atoms with van der Waals surface area (Å²) >= 11 is 6.20. The first-order valence-corrected chi connectivity index (χ1v) is 9.83. The molecule has 1 heterocycles. The Balaban J connectivity index is 1.80. The van der Waals surface area contributed by atoms with E-state index in [-0.39, 0.29) is 6.04 Å². The molecule has 0 radical (unpaired) electrons. The molecule has 1 aromatic heterocycles. The summed E-state index contributed by atoms with van der Waals surface area (Å²) < 4.78 is 10.5. The number of aryl methyl sites for hydroxylation is 1. The first-order chi connectivity index (χ1) is 14.5. The molecule has 0 bridgehead atoms. The van der Waals surface area contributed by atoms with E-state index in [2.05, 4.69) is 39.9 Å². The highest BCUT2D eigenvalue weighted by molar-refractivity contribution is 6.32. The van der Waals surface area contributed by atoms with Crippen LogP contribution in [0.3, 0.4) is 0 Å². The molecule has 2 aromatic carbocycles. The van der Waals surface area contributed by atoms with Crippen molar-refractivity contribution in [3.8, 4) is 11.5 Å². The van der Waals surface area contributed by atoms with Gasteiger partial charge in [0.15, 0.2) is 0 Å². The molecule has 3 aromatic rings. The third-order valence-corrected chi connectivity index (χ3v) is 4.93. The zero-order chi connectivity index (χ0) is 21.5. The minimum absolute atomic E-state index is 0.311. The molecule has 0 aliphatic rings. The smallest absolute Gasteiger partial charge is 0.319 e. The van der Waals surface area contributed by atoms with E-state index in [0.717, 1.165) is 11.3 Å². The van der Waals surface area contributed by atoms with Crippen molar-refractivity contribution in [1.29, 1.82) is 0 Å². The van der Waals surface area contributed by atoms with Crippen molar-refractivity contribution < 1.29 is 14.3 Å². The number of carbonyl (C=O) groups is 1. The molecule has 0 spiro atoms. The van der Waals surface area contributed by atoms with Crippen LogP contribution in [0.4, 0.5) is 10.5 Å². The number of methoxy groups -OCH3 is 2. The van der Waals surface area contributed by atoms with Gasteiger partial charge in [0.25, 0.3) is 0 Å². The van der Waals surface area contributed by atoms with Crippen LogP contribution in [-0.4, -0.2) is 25.2 Å². The van der Waals surface area contributed by atoms with E-state index in [0.29, 0.717) is 28.6 Å². The molecule has 2 amide bonds. The lowest BCUT2D eigenvalue weighted by atomic mass is 10.0. The fraction of sp³-hybridized carbons (Fsp3) is 0.217. The Morgan fingerprint density at radius 3 is 2.43 bits per heavy atom. The van der Waals surface area contributed by atoms with Crippen molar-refractivity contribution in [2.45, 2.75) is 19.4 Å². The molecule has 0 fully saturated rings. The molecular formula is C23H24ClN3O3. The minimum atomic E-state index is -0.391. The van der Waals surface area contributed by atoms with E-state index >= 15 is 0 Å². The van der Waals surface area contributed by atoms with Gasteiger partial charge in [0.05, 0.1) is 36.7 Å². The predicted octanol–water partition coefficient (Wildman–Crippen LogP) is 5.17. The summed E-state index contributed by atoms with van der Waals surface area (Å²) in [6.07, 6.45) is 2.31. The highest BCUT2D eigenvalue weighted by Crippen LogP contribution is 2.35. The fourth-order valence-corrected chi connectivity index (χ4v) is 3.29. The van der Waals surface area contributed by atoms with Crippen molar-refractivity contribution in [2.75, 3.05) is 19.5 Å². The number of aromatic nitrogens is 1. The van der Waals surface area contributed by atoms with Gasteiger partial charge in [0.1, 0.15) is 11.5 Å². The number of amides is 2. The van der Waals surface area contributed by atoms with E-state index in [1.165, 1.54) is 19.8 Å². The number of nitrogens with zero attached hydrogens (tertiary/aromatic N) is 1. The summed E-state index contributed by atoms with van der Waals surface area (Å²) in [5, 5.41) is 6.18. The molecule has 7 heteroatoms. The summed E-state index contributed by atoms with van der Waals surface area (Å²) in [7, 11) is 3.03. The number of hydrogen-bond acceptors (Lipinski definition) is 4. The monoisotopic (exact) mass is 425 g/mol. The van der Waals surface area contributed by atoms with Crippen LogP contribution < -0.4 is 20.1 Å². The van der Waals surface area contributed by atoms with Gasteiger partial charge in [-0.15, -0.1) is 0 Å². The second-order valence-corrected chi connectivity index (χ2v) is 7.19. The number of ether oxygens (including phenoxy) is 2. The molecular weight excluding hydrogens is 402 g/mol. The van der Waals surface area contributed by atoms with Crippen molar-refractivity contribution in [3.05, 3.63) is 82.6 Å². The van der Waals surface area contributed by atoms with Crippen molar-refractivity contribution >= 4 is 23.3 Å². The Kier molecular flexibility index (Phi) is 7.14. The zero-order valence-corrected chi connectivity index (χ0v) is 17.9. The van der Waals surface area contributed by atoms with Crippen LogP contribution in [0.5, 0.6) is 11.5 Å². The molecule has 3 rings (SSSR count). The third-order valence-electron chi connectivity index (χ3n) is 4.63. The van der Waals surface area contributed by atoms with Gasteiger partial charge in [-0.1, -0.05) is 47.5 Å². The first kappa shape index (κ1) is 21.5. The molecule has 0 aliphatic heterocycles. The zero-order valence-electron chi connectivity index (χ0n) is 17.1. The average Bonchev–Trinajstić information content (AvgIpc) is 2.75. The fourth-order valence-electron chi connectivity index (χ4n) is 3.05. The maximum absolute atomic E-state index is 12.8. The Labute approximate surface area is 181 Å².